The van der Waals surface area contributed by atoms with Crippen LogP contribution in [0.5, 0.6) is 0 Å². The SMILES string of the molecule is CCCN(Cc1nc2cc(Cl)ccc2c(=O)[nH]1)C(=O)C1Cc2ccccc2S1. The lowest BCUT2D eigenvalue weighted by atomic mass is 10.1. The minimum Gasteiger partial charge on any atom is -0.334 e. The quantitative estimate of drug-likeness (QED) is 0.685. The number of nitrogens with zero attached hydrogens (tertiary/aromatic N) is 2. The van der Waals surface area contributed by atoms with Crippen LogP contribution < -0.4 is 5.56 Å². The number of hydrogen-bond donors (Lipinski definition) is 1. The molecule has 3 aromatic rings. The van der Waals surface area contributed by atoms with Crippen molar-refractivity contribution in [1.29, 1.82) is 0 Å². The number of fused-ring (bicyclic) bond motifs is 2. The van der Waals surface area contributed by atoms with E-state index < -0.39 is 0 Å². The lowest BCUT2D eigenvalue weighted by Gasteiger charge is -2.24. The topological polar surface area (TPSA) is 66.1 Å². The smallest absolute Gasteiger partial charge is 0.258 e. The highest BCUT2D eigenvalue weighted by Crippen LogP contribution is 2.37. The first kappa shape index (κ1) is 19.0. The first-order valence-electron chi connectivity index (χ1n) is 9.27. The Labute approximate surface area is 172 Å². The van der Waals surface area contributed by atoms with Gasteiger partial charge in [0.25, 0.3) is 5.56 Å². The molecule has 5 nitrogen and oxygen atoms in total. The van der Waals surface area contributed by atoms with Gasteiger partial charge in [0, 0.05) is 16.5 Å². The molecular weight excluding hydrogens is 394 g/mol. The molecule has 1 aliphatic heterocycles. The van der Waals surface area contributed by atoms with Gasteiger partial charge in [-0.2, -0.15) is 0 Å². The summed E-state index contributed by atoms with van der Waals surface area (Å²) >= 11 is 7.66. The van der Waals surface area contributed by atoms with Crippen LogP contribution >= 0.6 is 23.4 Å². The molecule has 144 valence electrons. The second-order valence-corrected chi connectivity index (χ2v) is 8.53. The van der Waals surface area contributed by atoms with Gasteiger partial charge in [0.15, 0.2) is 0 Å². The van der Waals surface area contributed by atoms with Crippen LogP contribution in [0.25, 0.3) is 10.9 Å². The molecule has 1 N–H and O–H groups in total. The van der Waals surface area contributed by atoms with E-state index in [0.29, 0.717) is 28.3 Å². The van der Waals surface area contributed by atoms with Gasteiger partial charge < -0.3 is 9.88 Å². The zero-order chi connectivity index (χ0) is 19.7. The molecule has 7 heteroatoms. The van der Waals surface area contributed by atoms with Gasteiger partial charge in [0.2, 0.25) is 5.91 Å². The zero-order valence-corrected chi connectivity index (χ0v) is 17.0. The number of amides is 1. The van der Waals surface area contributed by atoms with Crippen molar-refractivity contribution in [2.45, 2.75) is 36.5 Å². The molecule has 4 rings (SSSR count). The van der Waals surface area contributed by atoms with Crippen LogP contribution in [0.1, 0.15) is 24.7 Å². The van der Waals surface area contributed by atoms with Crippen molar-refractivity contribution >= 4 is 40.2 Å². The fourth-order valence-electron chi connectivity index (χ4n) is 3.48. The third kappa shape index (κ3) is 3.80. The number of rotatable bonds is 5. The minimum absolute atomic E-state index is 0.0805. The summed E-state index contributed by atoms with van der Waals surface area (Å²) in [5.41, 5.74) is 1.54. The fraction of sp³-hybridized carbons (Fsp3) is 0.286. The van der Waals surface area contributed by atoms with Crippen LogP contribution in [0.15, 0.2) is 52.2 Å². The molecule has 0 fully saturated rings. The van der Waals surface area contributed by atoms with E-state index in [1.807, 2.05) is 19.1 Å². The van der Waals surface area contributed by atoms with Crippen LogP contribution in [0.2, 0.25) is 5.02 Å². The molecule has 0 saturated carbocycles. The van der Waals surface area contributed by atoms with Gasteiger partial charge in [-0.15, -0.1) is 11.8 Å². The Balaban J connectivity index is 1.58. The highest BCUT2D eigenvalue weighted by molar-refractivity contribution is 8.01. The van der Waals surface area contributed by atoms with Gasteiger partial charge in [-0.3, -0.25) is 9.59 Å². The van der Waals surface area contributed by atoms with Crippen LogP contribution in [0.3, 0.4) is 0 Å². The third-order valence-electron chi connectivity index (χ3n) is 4.79. The third-order valence-corrected chi connectivity index (χ3v) is 6.33. The van der Waals surface area contributed by atoms with Gasteiger partial charge in [0.05, 0.1) is 22.7 Å². The number of thioether (sulfide) groups is 1. The maximum absolute atomic E-state index is 13.2. The average molecular weight is 414 g/mol. The van der Waals surface area contributed by atoms with Gasteiger partial charge in [0.1, 0.15) is 5.82 Å². The molecule has 1 unspecified atom stereocenters. The highest BCUT2D eigenvalue weighted by Gasteiger charge is 2.31. The molecule has 0 bridgehead atoms. The van der Waals surface area contributed by atoms with E-state index in [-0.39, 0.29) is 23.3 Å². The molecule has 2 aromatic carbocycles. The van der Waals surface area contributed by atoms with Crippen molar-refractivity contribution < 1.29 is 4.79 Å². The maximum Gasteiger partial charge on any atom is 0.258 e. The number of carbonyl (C=O) groups excluding carboxylic acids is 1. The van der Waals surface area contributed by atoms with Crippen LogP contribution in [0, 0.1) is 0 Å². The zero-order valence-electron chi connectivity index (χ0n) is 15.4. The fourth-order valence-corrected chi connectivity index (χ4v) is 4.92. The number of carbonyl (C=O) groups is 1. The Bertz CT molecular complexity index is 1070. The van der Waals surface area contributed by atoms with Gasteiger partial charge in [-0.1, -0.05) is 36.7 Å². The number of H-pyrrole nitrogens is 1. The van der Waals surface area contributed by atoms with E-state index in [0.717, 1.165) is 12.8 Å². The lowest BCUT2D eigenvalue weighted by Crippen LogP contribution is -2.38. The summed E-state index contributed by atoms with van der Waals surface area (Å²) < 4.78 is 0. The molecule has 0 saturated heterocycles. The van der Waals surface area contributed by atoms with E-state index in [1.165, 1.54) is 10.5 Å². The number of halogens is 1. The van der Waals surface area contributed by atoms with Gasteiger partial charge >= 0.3 is 0 Å². The highest BCUT2D eigenvalue weighted by atomic mass is 35.5. The monoisotopic (exact) mass is 413 g/mol. The predicted molar refractivity (Wildman–Crippen MR) is 113 cm³/mol. The van der Waals surface area contributed by atoms with E-state index in [4.69, 9.17) is 11.6 Å². The summed E-state index contributed by atoms with van der Waals surface area (Å²) in [6.45, 7) is 2.93. The van der Waals surface area contributed by atoms with Crippen molar-refractivity contribution in [3.05, 3.63) is 69.2 Å². The van der Waals surface area contributed by atoms with Crippen molar-refractivity contribution in [1.82, 2.24) is 14.9 Å². The number of aromatic nitrogens is 2. The first-order valence-corrected chi connectivity index (χ1v) is 10.5. The second kappa shape index (κ2) is 7.97. The molecule has 1 amide bonds. The summed E-state index contributed by atoms with van der Waals surface area (Å²) in [6, 6.07) is 13.1. The van der Waals surface area contributed by atoms with Crippen LogP contribution in [-0.2, 0) is 17.8 Å². The molecule has 2 heterocycles. The number of hydrogen-bond acceptors (Lipinski definition) is 4. The molecule has 1 aliphatic rings. The Morgan fingerprint density at radius 3 is 2.93 bits per heavy atom. The summed E-state index contributed by atoms with van der Waals surface area (Å²) in [6.07, 6.45) is 1.57. The Hall–Kier alpha value is -2.31. The molecule has 1 aromatic heterocycles. The van der Waals surface area contributed by atoms with Gasteiger partial charge in [-0.25, -0.2) is 4.98 Å². The van der Waals surface area contributed by atoms with E-state index in [9.17, 15) is 9.59 Å². The predicted octanol–water partition coefficient (Wildman–Crippen LogP) is 4.03. The normalized spacial score (nSPS) is 15.6. The lowest BCUT2D eigenvalue weighted by molar-refractivity contribution is -0.131. The molecule has 1 atom stereocenters. The average Bonchev–Trinajstić information content (AvgIpc) is 3.11. The van der Waals surface area contributed by atoms with Crippen LogP contribution in [-0.4, -0.2) is 32.6 Å². The van der Waals surface area contributed by atoms with Crippen molar-refractivity contribution in [2.75, 3.05) is 6.54 Å². The molecule has 0 aliphatic carbocycles. The van der Waals surface area contributed by atoms with Crippen molar-refractivity contribution in [2.24, 2.45) is 0 Å². The Kier molecular flexibility index (Phi) is 5.42. The van der Waals surface area contributed by atoms with E-state index >= 15 is 0 Å². The summed E-state index contributed by atoms with van der Waals surface area (Å²) in [4.78, 5) is 35.9. The van der Waals surface area contributed by atoms with Crippen LogP contribution in [0.4, 0.5) is 0 Å². The van der Waals surface area contributed by atoms with E-state index in [1.54, 1.807) is 34.9 Å². The molecule has 0 spiro atoms. The minimum atomic E-state index is -0.219. The molecular formula is C21H20ClN3O2S. The molecule has 28 heavy (non-hydrogen) atoms. The summed E-state index contributed by atoms with van der Waals surface area (Å²) in [5, 5.41) is 0.882. The largest absolute Gasteiger partial charge is 0.334 e. The second-order valence-electron chi connectivity index (χ2n) is 6.85. The molecule has 0 radical (unpaired) electrons. The van der Waals surface area contributed by atoms with Crippen molar-refractivity contribution in [3.63, 3.8) is 0 Å². The Morgan fingerprint density at radius 1 is 1.32 bits per heavy atom. The van der Waals surface area contributed by atoms with Crippen molar-refractivity contribution in [3.8, 4) is 0 Å². The number of aromatic amines is 1. The van der Waals surface area contributed by atoms with E-state index in [2.05, 4.69) is 22.1 Å². The Morgan fingerprint density at radius 2 is 2.14 bits per heavy atom. The summed E-state index contributed by atoms with van der Waals surface area (Å²) in [5.74, 6) is 0.555. The number of nitrogens with one attached hydrogen (secondary N) is 1. The van der Waals surface area contributed by atoms with Gasteiger partial charge in [-0.05, 0) is 42.7 Å². The summed E-state index contributed by atoms with van der Waals surface area (Å²) in [7, 11) is 0. The first-order chi connectivity index (χ1) is 13.5. The maximum atomic E-state index is 13.2. The standard InChI is InChI=1S/C21H20ClN3O2S/c1-2-9-25(21(27)18-10-13-5-3-4-6-17(13)28-18)12-19-23-16-11-14(22)7-8-15(16)20(26)24-19/h3-8,11,18H,2,9-10,12H2,1H3,(H,23,24,26). The number of benzene rings is 2.